The van der Waals surface area contributed by atoms with E-state index in [1.807, 2.05) is 12.3 Å². The van der Waals surface area contributed by atoms with Crippen molar-refractivity contribution in [1.82, 2.24) is 4.98 Å². The number of rotatable bonds is 2. The van der Waals surface area contributed by atoms with Gasteiger partial charge in [0, 0.05) is 11.6 Å². The first-order valence-electron chi connectivity index (χ1n) is 7.93. The Bertz CT molecular complexity index is 801. The van der Waals surface area contributed by atoms with Crippen LogP contribution in [0.1, 0.15) is 26.3 Å². The third-order valence-electron chi connectivity index (χ3n) is 4.78. The van der Waals surface area contributed by atoms with Crippen LogP contribution in [0.15, 0.2) is 58.4 Å². The zero-order valence-electron chi connectivity index (χ0n) is 14.4. The second-order valence-electron chi connectivity index (χ2n) is 7.26. The number of hydrogen-bond donors (Lipinski definition) is 0. The highest BCUT2D eigenvalue weighted by Crippen LogP contribution is 2.47. The van der Waals surface area contributed by atoms with Crippen LogP contribution in [-0.2, 0) is 0 Å². The van der Waals surface area contributed by atoms with E-state index < -0.39 is 8.07 Å². The molecule has 113 valence electrons. The van der Waals surface area contributed by atoms with Crippen molar-refractivity contribution in [1.29, 1.82) is 0 Å². The Morgan fingerprint density at radius 3 is 2.18 bits per heavy atom. The van der Waals surface area contributed by atoms with Crippen molar-refractivity contribution in [2.24, 2.45) is 0 Å². The average Bonchev–Trinajstić information content (AvgIpc) is 2.70. The molecule has 1 aromatic carbocycles. The van der Waals surface area contributed by atoms with Crippen LogP contribution in [0.4, 0.5) is 0 Å². The lowest BCUT2D eigenvalue weighted by atomic mass is 9.91. The van der Waals surface area contributed by atoms with Gasteiger partial charge in [0.05, 0.1) is 19.5 Å². The number of hydrogen-bond acceptors (Lipinski definition) is 1. The largest absolute Gasteiger partial charge is 0.256 e. The Labute approximate surface area is 134 Å². The van der Waals surface area contributed by atoms with Crippen LogP contribution in [0.25, 0.3) is 10.9 Å². The summed E-state index contributed by atoms with van der Waals surface area (Å²) in [5.74, 6) is 1.44. The Kier molecular flexibility index (Phi) is 3.60. The summed E-state index contributed by atoms with van der Waals surface area (Å²) in [4.78, 5) is 4.68. The van der Waals surface area contributed by atoms with Crippen LogP contribution < -0.4 is 0 Å². The fourth-order valence-corrected chi connectivity index (χ4v) is 6.00. The molecule has 1 nitrogen and oxygen atoms in total. The predicted octanol–water partition coefficient (Wildman–Crippen LogP) is 5.70. The predicted molar refractivity (Wildman–Crippen MR) is 98.5 cm³/mol. The summed E-state index contributed by atoms with van der Waals surface area (Å²) < 4.78 is 0. The molecule has 1 aromatic heterocycles. The normalized spacial score (nSPS) is 17.0. The van der Waals surface area contributed by atoms with Gasteiger partial charge in [-0.1, -0.05) is 60.2 Å². The molecule has 0 spiro atoms. The van der Waals surface area contributed by atoms with Gasteiger partial charge in [-0.2, -0.15) is 0 Å². The standard InChI is InChI=1S/C20H24NSi/c1-13-14(2)18(20(15(13)3)22(4,5)6)17-11-7-9-16-10-8-12-21-19(16)17/h7-12H,1-6H3. The quantitative estimate of drug-likeness (QED) is 0.648. The third kappa shape index (κ3) is 2.26. The van der Waals surface area contributed by atoms with Crippen molar-refractivity contribution >= 4 is 19.0 Å². The molecular formula is C20H24NSi. The lowest BCUT2D eigenvalue weighted by molar-refractivity contribution is 1.21. The van der Waals surface area contributed by atoms with Crippen LogP contribution in [0, 0.1) is 5.92 Å². The molecule has 0 aliphatic heterocycles. The Morgan fingerprint density at radius 1 is 0.818 bits per heavy atom. The smallest absolute Gasteiger partial charge is 0.0746 e. The third-order valence-corrected chi connectivity index (χ3v) is 6.90. The number of aromatic nitrogens is 1. The van der Waals surface area contributed by atoms with Crippen LogP contribution in [0.3, 0.4) is 0 Å². The Balaban J connectivity index is 2.29. The topological polar surface area (TPSA) is 12.9 Å². The van der Waals surface area contributed by atoms with Gasteiger partial charge in [-0.15, -0.1) is 0 Å². The van der Waals surface area contributed by atoms with Gasteiger partial charge in [0.2, 0.25) is 0 Å². The number of para-hydroxylation sites is 1. The maximum Gasteiger partial charge on any atom is 0.0746 e. The first-order chi connectivity index (χ1) is 10.3. The number of fused-ring (bicyclic) bond motifs is 1. The second kappa shape index (κ2) is 5.20. The molecule has 0 N–H and O–H groups in total. The zero-order valence-corrected chi connectivity index (χ0v) is 15.4. The van der Waals surface area contributed by atoms with E-state index in [0.717, 1.165) is 5.52 Å². The van der Waals surface area contributed by atoms with Crippen LogP contribution in [0.5, 0.6) is 0 Å². The highest BCUT2D eigenvalue weighted by atomic mass is 28.3. The molecule has 22 heavy (non-hydrogen) atoms. The molecule has 1 heterocycles. The minimum absolute atomic E-state index is 1.12. The molecular weight excluding hydrogens is 282 g/mol. The summed E-state index contributed by atoms with van der Waals surface area (Å²) in [6.45, 7) is 14.1. The molecule has 0 fully saturated rings. The highest BCUT2D eigenvalue weighted by Gasteiger charge is 2.37. The van der Waals surface area contributed by atoms with Crippen molar-refractivity contribution in [3.05, 3.63) is 69.9 Å². The maximum atomic E-state index is 4.68. The average molecular weight is 307 g/mol. The number of nitrogens with zero attached hydrogens (tertiary/aromatic N) is 1. The van der Waals surface area contributed by atoms with E-state index in [-0.39, 0.29) is 0 Å². The lowest BCUT2D eigenvalue weighted by Crippen LogP contribution is -2.28. The fourth-order valence-electron chi connectivity index (χ4n) is 3.61. The van der Waals surface area contributed by atoms with E-state index in [1.165, 1.54) is 33.6 Å². The van der Waals surface area contributed by atoms with Gasteiger partial charge < -0.3 is 0 Å². The molecule has 1 aliphatic rings. The van der Waals surface area contributed by atoms with Crippen molar-refractivity contribution in [3.63, 3.8) is 0 Å². The molecule has 2 aromatic rings. The van der Waals surface area contributed by atoms with E-state index in [2.05, 4.69) is 69.7 Å². The van der Waals surface area contributed by atoms with Crippen LogP contribution in [0.2, 0.25) is 19.6 Å². The molecule has 0 saturated heterocycles. The molecule has 1 aliphatic carbocycles. The van der Waals surface area contributed by atoms with E-state index >= 15 is 0 Å². The number of benzene rings is 1. The number of allylic oxidation sites excluding steroid dienone is 4. The molecule has 3 rings (SSSR count). The summed E-state index contributed by atoms with van der Waals surface area (Å²) in [5, 5.41) is 2.82. The van der Waals surface area contributed by atoms with Crippen molar-refractivity contribution in [2.45, 2.75) is 40.4 Å². The summed E-state index contributed by atoms with van der Waals surface area (Å²) in [5.41, 5.74) is 6.77. The van der Waals surface area contributed by atoms with Crippen molar-refractivity contribution in [2.75, 3.05) is 0 Å². The highest BCUT2D eigenvalue weighted by molar-refractivity contribution is 6.84. The monoisotopic (exact) mass is 306 g/mol. The SMILES string of the molecule is CC1=C(C)C(C)=C([Si](C)(C)C)[C]1c1cccc2cccnc12. The minimum atomic E-state index is -1.43. The maximum absolute atomic E-state index is 4.68. The Morgan fingerprint density at radius 2 is 1.50 bits per heavy atom. The number of pyridine rings is 1. The van der Waals surface area contributed by atoms with E-state index in [4.69, 9.17) is 0 Å². The summed E-state index contributed by atoms with van der Waals surface area (Å²) in [6, 6.07) is 10.7. The van der Waals surface area contributed by atoms with E-state index in [0.29, 0.717) is 0 Å². The molecule has 0 bridgehead atoms. The first kappa shape index (κ1) is 15.2. The van der Waals surface area contributed by atoms with E-state index in [1.54, 1.807) is 5.20 Å². The zero-order chi connectivity index (χ0) is 16.1. The van der Waals surface area contributed by atoms with Gasteiger partial charge in [-0.3, -0.25) is 4.98 Å². The molecule has 0 amide bonds. The van der Waals surface area contributed by atoms with Crippen molar-refractivity contribution in [3.8, 4) is 0 Å². The van der Waals surface area contributed by atoms with Crippen LogP contribution >= 0.6 is 0 Å². The molecule has 0 unspecified atom stereocenters. The van der Waals surface area contributed by atoms with Gasteiger partial charge in [0.1, 0.15) is 0 Å². The van der Waals surface area contributed by atoms with Gasteiger partial charge in [0.15, 0.2) is 0 Å². The van der Waals surface area contributed by atoms with Gasteiger partial charge in [-0.25, -0.2) is 0 Å². The van der Waals surface area contributed by atoms with E-state index in [9.17, 15) is 0 Å². The summed E-state index contributed by atoms with van der Waals surface area (Å²) >= 11 is 0. The van der Waals surface area contributed by atoms with Crippen LogP contribution in [-0.4, -0.2) is 13.1 Å². The first-order valence-corrected chi connectivity index (χ1v) is 11.4. The lowest BCUT2D eigenvalue weighted by Gasteiger charge is -2.28. The van der Waals surface area contributed by atoms with Crippen molar-refractivity contribution < 1.29 is 0 Å². The second-order valence-corrected chi connectivity index (χ2v) is 12.3. The van der Waals surface area contributed by atoms with Gasteiger partial charge in [0.25, 0.3) is 0 Å². The minimum Gasteiger partial charge on any atom is -0.256 e. The molecule has 0 atom stereocenters. The Hall–Kier alpha value is -1.67. The molecule has 2 heteroatoms. The summed E-state index contributed by atoms with van der Waals surface area (Å²) in [7, 11) is -1.43. The van der Waals surface area contributed by atoms with Gasteiger partial charge >= 0.3 is 0 Å². The summed E-state index contributed by atoms with van der Waals surface area (Å²) in [6.07, 6.45) is 1.90. The molecule has 1 radical (unpaired) electrons. The molecule has 0 saturated carbocycles. The fraction of sp³-hybridized carbons (Fsp3) is 0.300. The van der Waals surface area contributed by atoms with Gasteiger partial charge in [-0.05, 0) is 38.0 Å².